The zero-order valence-electron chi connectivity index (χ0n) is 20.0. The second-order valence-corrected chi connectivity index (χ2v) is 13.0. The molecule has 0 aromatic heterocycles. The van der Waals surface area contributed by atoms with Crippen molar-refractivity contribution in [2.24, 2.45) is 11.3 Å². The maximum atomic E-state index is 13.2. The molecule has 0 spiro atoms. The van der Waals surface area contributed by atoms with Crippen molar-refractivity contribution < 1.29 is 32.7 Å². The number of carbonyl (C=O) groups excluding carboxylic acids is 3. The molecule has 0 bridgehead atoms. The highest BCUT2D eigenvalue weighted by molar-refractivity contribution is 7.91. The number of carboxylic acid groups (broad SMARTS) is 1. The van der Waals surface area contributed by atoms with Crippen LogP contribution in [0.1, 0.15) is 59.8 Å². The van der Waals surface area contributed by atoms with E-state index in [1.165, 1.54) is 11.0 Å². The van der Waals surface area contributed by atoms with Crippen molar-refractivity contribution in [1.82, 2.24) is 20.3 Å². The van der Waals surface area contributed by atoms with Gasteiger partial charge in [-0.3, -0.25) is 19.1 Å². The molecule has 0 radical (unpaired) electrons. The second-order valence-electron chi connectivity index (χ2n) is 10.8. The number of hydrogen-bond donors (Lipinski definition) is 4. The van der Waals surface area contributed by atoms with Crippen molar-refractivity contribution in [2.45, 2.75) is 82.2 Å². The predicted molar refractivity (Wildman–Crippen MR) is 123 cm³/mol. The summed E-state index contributed by atoms with van der Waals surface area (Å²) in [6.45, 7) is 10.7. The van der Waals surface area contributed by atoms with E-state index in [9.17, 15) is 32.7 Å². The normalized spacial score (nSPS) is 28.4. The first-order chi connectivity index (χ1) is 15.6. The highest BCUT2D eigenvalue weighted by Crippen LogP contribution is 2.47. The van der Waals surface area contributed by atoms with Crippen molar-refractivity contribution >= 4 is 33.8 Å². The molecule has 3 fully saturated rings. The lowest BCUT2D eigenvalue weighted by molar-refractivity contribution is -0.142. The van der Waals surface area contributed by atoms with Crippen LogP contribution in [0, 0.1) is 11.3 Å². The molecule has 0 aromatic rings. The van der Waals surface area contributed by atoms with Crippen molar-refractivity contribution in [2.75, 3.05) is 6.54 Å². The maximum Gasteiger partial charge on any atom is 0.405 e. The molecule has 4 atom stereocenters. The van der Waals surface area contributed by atoms with Crippen LogP contribution in [0.15, 0.2) is 12.7 Å². The molecule has 2 saturated carbocycles. The topological polar surface area (TPSA) is 162 Å². The molecule has 3 aliphatic rings. The number of nitrogens with one attached hydrogen (secondary N) is 3. The molecule has 34 heavy (non-hydrogen) atoms. The zero-order valence-corrected chi connectivity index (χ0v) is 20.8. The van der Waals surface area contributed by atoms with Crippen molar-refractivity contribution in [3.05, 3.63) is 12.7 Å². The first-order valence-electron chi connectivity index (χ1n) is 11.4. The number of hydrogen-bond acceptors (Lipinski definition) is 6. The lowest BCUT2D eigenvalue weighted by Crippen LogP contribution is -2.60. The number of nitrogens with zero attached hydrogens (tertiary/aromatic N) is 1. The molecule has 1 aliphatic heterocycles. The van der Waals surface area contributed by atoms with E-state index >= 15 is 0 Å². The number of likely N-dealkylation sites (tertiary alicyclic amines) is 1. The molecule has 11 nitrogen and oxygen atoms in total. The predicted octanol–water partition coefficient (Wildman–Crippen LogP) is 0.719. The van der Waals surface area contributed by atoms with E-state index in [-0.39, 0.29) is 13.0 Å². The fraction of sp³-hybridized carbons (Fsp3) is 0.727. The monoisotopic (exact) mass is 498 g/mol. The molecule has 190 valence electrons. The largest absolute Gasteiger partial charge is 0.465 e. The summed E-state index contributed by atoms with van der Waals surface area (Å²) >= 11 is 0. The Bertz CT molecular complexity index is 1010. The minimum Gasteiger partial charge on any atom is -0.465 e. The van der Waals surface area contributed by atoms with Gasteiger partial charge in [0.2, 0.25) is 21.8 Å². The highest BCUT2D eigenvalue weighted by atomic mass is 32.2. The third-order valence-electron chi connectivity index (χ3n) is 7.10. The smallest absolute Gasteiger partial charge is 0.405 e. The first-order valence-corrected chi connectivity index (χ1v) is 12.9. The quantitative estimate of drug-likeness (QED) is 0.358. The van der Waals surface area contributed by atoms with E-state index in [2.05, 4.69) is 21.9 Å². The molecular formula is C22H34N4O7S. The summed E-state index contributed by atoms with van der Waals surface area (Å²) in [4.78, 5) is 52.1. The van der Waals surface area contributed by atoms with Gasteiger partial charge in [0.15, 0.2) is 0 Å². The Balaban J connectivity index is 1.77. The van der Waals surface area contributed by atoms with E-state index in [1.807, 2.05) is 0 Å². The van der Waals surface area contributed by atoms with Crippen molar-refractivity contribution in [1.29, 1.82) is 0 Å². The van der Waals surface area contributed by atoms with Gasteiger partial charge in [-0.15, -0.1) is 6.58 Å². The average Bonchev–Trinajstić information content (AvgIpc) is 3.58. The lowest BCUT2D eigenvalue weighted by atomic mass is 9.85. The van der Waals surface area contributed by atoms with Crippen molar-refractivity contribution in [3.63, 3.8) is 0 Å². The van der Waals surface area contributed by atoms with Gasteiger partial charge in [0, 0.05) is 12.5 Å². The summed E-state index contributed by atoms with van der Waals surface area (Å²) in [7, 11) is -3.89. The summed E-state index contributed by atoms with van der Waals surface area (Å²) < 4.78 is 26.3. The molecular weight excluding hydrogens is 464 g/mol. The van der Waals surface area contributed by atoms with E-state index < -0.39 is 67.5 Å². The van der Waals surface area contributed by atoms with Gasteiger partial charge >= 0.3 is 6.09 Å². The molecule has 12 heteroatoms. The summed E-state index contributed by atoms with van der Waals surface area (Å²) in [5.74, 6) is -2.36. The third kappa shape index (κ3) is 4.77. The molecule has 1 saturated heterocycles. The van der Waals surface area contributed by atoms with Crippen LogP contribution in [0.3, 0.4) is 0 Å². The van der Waals surface area contributed by atoms with E-state index in [0.29, 0.717) is 25.7 Å². The van der Waals surface area contributed by atoms with Gasteiger partial charge in [0.25, 0.3) is 5.91 Å². The number of sulfonamides is 1. The maximum absolute atomic E-state index is 13.2. The summed E-state index contributed by atoms with van der Waals surface area (Å²) in [6.07, 6.45) is 2.14. The molecule has 0 aromatic carbocycles. The standard InChI is InChI=1S/C22H34N4O7S/c1-6-13-12-22(13,18(29)25-34(32,33)21(5)9-10-21)24-16(27)14-8-7-11-26(14)17(28)15(20(2,3)4)23-19(30)31/h6,13-15,23H,1,7-12H2,2-5H3,(H,24,27)(H,25,29)(H,30,31). The van der Waals surface area contributed by atoms with Gasteiger partial charge in [0.05, 0.1) is 4.75 Å². The van der Waals surface area contributed by atoms with Crippen LogP contribution in [0.25, 0.3) is 0 Å². The van der Waals surface area contributed by atoms with Crippen LogP contribution in [-0.4, -0.2) is 71.2 Å². The fourth-order valence-electron chi connectivity index (χ4n) is 4.36. The second kappa shape index (κ2) is 8.54. The van der Waals surface area contributed by atoms with Gasteiger partial charge < -0.3 is 20.6 Å². The Hall–Kier alpha value is -2.63. The minimum atomic E-state index is -3.89. The Morgan fingerprint density at radius 3 is 2.29 bits per heavy atom. The van der Waals surface area contributed by atoms with E-state index in [4.69, 9.17) is 0 Å². The first kappa shape index (κ1) is 26.0. The van der Waals surface area contributed by atoms with Crippen LogP contribution < -0.4 is 15.4 Å². The van der Waals surface area contributed by atoms with Gasteiger partial charge in [-0.1, -0.05) is 26.8 Å². The van der Waals surface area contributed by atoms with Gasteiger partial charge in [-0.2, -0.15) is 0 Å². The SMILES string of the molecule is C=CC1CC1(NC(=O)C1CCCN1C(=O)C(NC(=O)O)C(C)(C)C)C(=O)NS(=O)(=O)C1(C)CC1. The number of rotatable bonds is 8. The van der Waals surface area contributed by atoms with Crippen LogP contribution in [0.5, 0.6) is 0 Å². The van der Waals surface area contributed by atoms with Gasteiger partial charge in [-0.05, 0) is 44.4 Å². The zero-order chi connectivity index (χ0) is 25.7. The highest BCUT2D eigenvalue weighted by Gasteiger charge is 2.62. The third-order valence-corrected chi connectivity index (χ3v) is 9.26. The summed E-state index contributed by atoms with van der Waals surface area (Å²) in [5, 5.41) is 14.1. The lowest BCUT2D eigenvalue weighted by Gasteiger charge is -2.35. The molecule has 2 aliphatic carbocycles. The van der Waals surface area contributed by atoms with Gasteiger partial charge in [-0.25, -0.2) is 13.2 Å². The van der Waals surface area contributed by atoms with E-state index in [1.54, 1.807) is 27.7 Å². The number of carbonyl (C=O) groups is 4. The minimum absolute atomic E-state index is 0.201. The van der Waals surface area contributed by atoms with Crippen molar-refractivity contribution in [3.8, 4) is 0 Å². The van der Waals surface area contributed by atoms with Crippen LogP contribution in [0.2, 0.25) is 0 Å². The van der Waals surface area contributed by atoms with Crippen LogP contribution >= 0.6 is 0 Å². The Kier molecular flexibility index (Phi) is 6.53. The molecule has 4 amide bonds. The Morgan fingerprint density at radius 2 is 1.82 bits per heavy atom. The Labute approximate surface area is 199 Å². The average molecular weight is 499 g/mol. The number of amides is 4. The van der Waals surface area contributed by atoms with E-state index in [0.717, 1.165) is 0 Å². The summed E-state index contributed by atoms with van der Waals surface area (Å²) in [5.41, 5.74) is -2.19. The van der Waals surface area contributed by atoms with Crippen LogP contribution in [-0.2, 0) is 24.4 Å². The molecule has 4 unspecified atom stereocenters. The summed E-state index contributed by atoms with van der Waals surface area (Å²) in [6, 6.07) is -1.97. The fourth-order valence-corrected chi connectivity index (χ4v) is 5.67. The molecule has 3 rings (SSSR count). The molecule has 1 heterocycles. The van der Waals surface area contributed by atoms with Crippen LogP contribution in [0.4, 0.5) is 4.79 Å². The van der Waals surface area contributed by atoms with Gasteiger partial charge in [0.1, 0.15) is 17.6 Å². The Morgan fingerprint density at radius 1 is 1.21 bits per heavy atom. The molecule has 4 N–H and O–H groups in total.